The second-order valence-electron chi connectivity index (χ2n) is 9.04. The number of amides is 3. The molecule has 13 heteroatoms. The third-order valence-corrected chi connectivity index (χ3v) is 8.14. The van der Waals surface area contributed by atoms with E-state index in [1.807, 2.05) is 20.8 Å². The highest BCUT2D eigenvalue weighted by molar-refractivity contribution is 8.13. The summed E-state index contributed by atoms with van der Waals surface area (Å²) in [4.78, 5) is 38.4. The van der Waals surface area contributed by atoms with Crippen LogP contribution in [0.25, 0.3) is 0 Å². The highest BCUT2D eigenvalue weighted by Gasteiger charge is 2.27. The molecule has 208 valence electrons. The van der Waals surface area contributed by atoms with Gasteiger partial charge in [-0.2, -0.15) is 0 Å². The van der Waals surface area contributed by atoms with Gasteiger partial charge >= 0.3 is 6.03 Å². The fourth-order valence-electron chi connectivity index (χ4n) is 3.36. The molecule has 0 aromatic heterocycles. The SMILES string of the molecule is CNC(=O)[C@H](CCCN(C(=N)N)S(=O)(=O)c1ccc(C)cc1)NC(=O)N(CCSC(C)=O)CCC(C)C. The summed E-state index contributed by atoms with van der Waals surface area (Å²) in [7, 11) is -2.60. The van der Waals surface area contributed by atoms with Gasteiger partial charge in [-0.05, 0) is 44.2 Å². The standard InChI is InChI=1S/C24H40N6O5S2/c1-17(2)12-14-29(15-16-36-19(4)31)24(33)28-21(22(32)27-5)7-6-13-30(23(25)26)37(34,35)20-10-8-18(3)9-11-20/h8-11,17,21H,6-7,12-16H2,1-5H3,(H3,25,26)(H,27,32)(H,28,33)/t21-/m0/s1. The van der Waals surface area contributed by atoms with Crippen molar-refractivity contribution in [2.24, 2.45) is 11.7 Å². The quantitative estimate of drug-likeness (QED) is 0.201. The van der Waals surface area contributed by atoms with Gasteiger partial charge in [-0.1, -0.05) is 43.3 Å². The summed E-state index contributed by atoms with van der Waals surface area (Å²) in [5, 5.41) is 13.0. The number of nitrogens with two attached hydrogens (primary N) is 1. The molecule has 0 heterocycles. The lowest BCUT2D eigenvalue weighted by molar-refractivity contribution is -0.122. The van der Waals surface area contributed by atoms with Crippen LogP contribution in [0.15, 0.2) is 29.2 Å². The van der Waals surface area contributed by atoms with Crippen molar-refractivity contribution >= 4 is 44.8 Å². The summed E-state index contributed by atoms with van der Waals surface area (Å²) in [5.74, 6) is -0.260. The first-order chi connectivity index (χ1) is 17.3. The first kappa shape index (κ1) is 32.2. The molecular weight excluding hydrogens is 516 g/mol. The van der Waals surface area contributed by atoms with Crippen LogP contribution < -0.4 is 16.4 Å². The van der Waals surface area contributed by atoms with Gasteiger partial charge in [-0.3, -0.25) is 15.0 Å². The van der Waals surface area contributed by atoms with Crippen LogP contribution in [0.2, 0.25) is 0 Å². The van der Waals surface area contributed by atoms with Crippen LogP contribution in [0.1, 0.15) is 45.6 Å². The zero-order valence-corrected chi connectivity index (χ0v) is 23.9. The van der Waals surface area contributed by atoms with Crippen LogP contribution in [-0.4, -0.2) is 79.1 Å². The molecule has 5 N–H and O–H groups in total. The molecule has 0 bridgehead atoms. The first-order valence-corrected chi connectivity index (χ1v) is 14.6. The molecule has 3 amide bonds. The number of nitrogens with one attached hydrogen (secondary N) is 3. The molecule has 0 saturated carbocycles. The van der Waals surface area contributed by atoms with E-state index in [1.54, 1.807) is 17.0 Å². The van der Waals surface area contributed by atoms with Gasteiger partial charge in [0.15, 0.2) is 5.12 Å². The highest BCUT2D eigenvalue weighted by atomic mass is 32.2. The lowest BCUT2D eigenvalue weighted by Gasteiger charge is -2.27. The second kappa shape index (κ2) is 15.5. The lowest BCUT2D eigenvalue weighted by Crippen LogP contribution is -2.51. The van der Waals surface area contributed by atoms with Crippen LogP contribution in [0.4, 0.5) is 4.79 Å². The molecular formula is C24H40N6O5S2. The molecule has 0 aliphatic carbocycles. The minimum absolute atomic E-state index is 0.00804. The minimum atomic E-state index is -4.05. The van der Waals surface area contributed by atoms with Crippen molar-refractivity contribution in [3.05, 3.63) is 29.8 Å². The van der Waals surface area contributed by atoms with Gasteiger partial charge in [0.1, 0.15) is 6.04 Å². The van der Waals surface area contributed by atoms with E-state index in [1.165, 1.54) is 26.1 Å². The molecule has 0 fully saturated rings. The van der Waals surface area contributed by atoms with Crippen molar-refractivity contribution in [3.8, 4) is 0 Å². The molecule has 0 aliphatic rings. The van der Waals surface area contributed by atoms with E-state index in [4.69, 9.17) is 11.1 Å². The second-order valence-corrected chi connectivity index (χ2v) is 12.2. The predicted molar refractivity (Wildman–Crippen MR) is 147 cm³/mol. The van der Waals surface area contributed by atoms with Crippen molar-refractivity contribution in [2.45, 2.75) is 57.9 Å². The maximum Gasteiger partial charge on any atom is 0.318 e. The Kier molecular flexibility index (Phi) is 13.5. The van der Waals surface area contributed by atoms with Crippen molar-refractivity contribution in [2.75, 3.05) is 32.4 Å². The number of rotatable bonds is 14. The molecule has 0 spiro atoms. The molecule has 37 heavy (non-hydrogen) atoms. The number of likely N-dealkylation sites (N-methyl/N-ethyl adjacent to an activating group) is 1. The van der Waals surface area contributed by atoms with Crippen molar-refractivity contribution < 1.29 is 22.8 Å². The highest BCUT2D eigenvalue weighted by Crippen LogP contribution is 2.17. The zero-order chi connectivity index (χ0) is 28.2. The van der Waals surface area contributed by atoms with Gasteiger partial charge in [0.05, 0.1) is 4.90 Å². The summed E-state index contributed by atoms with van der Waals surface area (Å²) in [6.45, 7) is 8.05. The summed E-state index contributed by atoms with van der Waals surface area (Å²) in [6, 6.07) is 4.85. The maximum absolute atomic E-state index is 13.0. The van der Waals surface area contributed by atoms with Crippen molar-refractivity contribution in [1.29, 1.82) is 5.41 Å². The summed E-state index contributed by atoms with van der Waals surface area (Å²) in [5.41, 5.74) is 6.48. The number of hydrogen-bond donors (Lipinski definition) is 4. The molecule has 0 aliphatic heterocycles. The number of guanidine groups is 1. The Morgan fingerprint density at radius 2 is 1.70 bits per heavy atom. The third kappa shape index (κ3) is 11.0. The Hall–Kier alpha value is -2.80. The van der Waals surface area contributed by atoms with Gasteiger partial charge in [-0.15, -0.1) is 0 Å². The average molecular weight is 557 g/mol. The topological polar surface area (TPSA) is 166 Å². The van der Waals surface area contributed by atoms with E-state index < -0.39 is 34.0 Å². The maximum atomic E-state index is 13.0. The number of aryl methyl sites for hydroxylation is 1. The summed E-state index contributed by atoms with van der Waals surface area (Å²) in [6.07, 6.45) is 1.04. The van der Waals surface area contributed by atoms with Crippen LogP contribution in [0.3, 0.4) is 0 Å². The number of urea groups is 1. The zero-order valence-electron chi connectivity index (χ0n) is 22.2. The van der Waals surface area contributed by atoms with Gasteiger partial charge in [0, 0.05) is 39.4 Å². The molecule has 0 unspecified atom stereocenters. The molecule has 11 nitrogen and oxygen atoms in total. The predicted octanol–water partition coefficient (Wildman–Crippen LogP) is 2.11. The van der Waals surface area contributed by atoms with Crippen molar-refractivity contribution in [3.63, 3.8) is 0 Å². The molecule has 1 atom stereocenters. The number of hydrogen-bond acceptors (Lipinski definition) is 7. The monoisotopic (exact) mass is 556 g/mol. The Morgan fingerprint density at radius 3 is 2.22 bits per heavy atom. The Balaban J connectivity index is 2.92. The van der Waals surface area contributed by atoms with E-state index in [0.29, 0.717) is 24.8 Å². The van der Waals surface area contributed by atoms with E-state index in [0.717, 1.165) is 28.1 Å². The van der Waals surface area contributed by atoms with E-state index >= 15 is 0 Å². The van der Waals surface area contributed by atoms with Crippen LogP contribution in [-0.2, 0) is 19.6 Å². The van der Waals surface area contributed by atoms with Crippen molar-refractivity contribution in [1.82, 2.24) is 19.8 Å². The van der Waals surface area contributed by atoms with Gasteiger partial charge in [0.2, 0.25) is 11.9 Å². The number of sulfonamides is 1. The number of benzene rings is 1. The van der Waals surface area contributed by atoms with Gasteiger partial charge in [-0.25, -0.2) is 17.5 Å². The molecule has 1 rings (SSSR count). The number of carbonyl (C=O) groups is 3. The van der Waals surface area contributed by atoms with E-state index in [2.05, 4.69) is 10.6 Å². The minimum Gasteiger partial charge on any atom is -0.369 e. The van der Waals surface area contributed by atoms with E-state index in [-0.39, 0.29) is 29.4 Å². The largest absolute Gasteiger partial charge is 0.369 e. The van der Waals surface area contributed by atoms with Crippen LogP contribution >= 0.6 is 11.8 Å². The fourth-order valence-corrected chi connectivity index (χ4v) is 5.32. The Morgan fingerprint density at radius 1 is 1.08 bits per heavy atom. The van der Waals surface area contributed by atoms with Crippen LogP contribution in [0, 0.1) is 18.3 Å². The third-order valence-electron chi connectivity index (χ3n) is 5.52. The van der Waals surface area contributed by atoms with Gasteiger partial charge in [0.25, 0.3) is 10.0 Å². The first-order valence-electron chi connectivity index (χ1n) is 12.1. The van der Waals surface area contributed by atoms with E-state index in [9.17, 15) is 22.8 Å². The Labute approximate surface area is 224 Å². The Bertz CT molecular complexity index is 1030. The fraction of sp³-hybridized carbons (Fsp3) is 0.583. The summed E-state index contributed by atoms with van der Waals surface area (Å²) < 4.78 is 26.8. The smallest absolute Gasteiger partial charge is 0.318 e. The number of nitrogens with zero attached hydrogens (tertiary/aromatic N) is 2. The molecule has 1 aromatic rings. The number of thioether (sulfide) groups is 1. The van der Waals surface area contributed by atoms with Gasteiger partial charge < -0.3 is 21.3 Å². The lowest BCUT2D eigenvalue weighted by atomic mass is 10.1. The summed E-state index contributed by atoms with van der Waals surface area (Å²) >= 11 is 1.13. The molecule has 0 radical (unpaired) electrons. The number of carbonyl (C=O) groups excluding carboxylic acids is 3. The molecule has 0 saturated heterocycles. The average Bonchev–Trinajstić information content (AvgIpc) is 2.81. The van der Waals surface area contributed by atoms with Crippen LogP contribution in [0.5, 0.6) is 0 Å². The molecule has 1 aromatic carbocycles. The normalized spacial score (nSPS) is 12.1.